The normalized spacial score (nSPS) is 13.1. The van der Waals surface area contributed by atoms with Crippen molar-refractivity contribution in [3.8, 4) is 0 Å². The fourth-order valence-electron chi connectivity index (χ4n) is 4.78. The van der Waals surface area contributed by atoms with Crippen LogP contribution < -0.4 is 0 Å². The van der Waals surface area contributed by atoms with Gasteiger partial charge in [-0.25, -0.2) is 0 Å². The zero-order valence-corrected chi connectivity index (χ0v) is 19.4. The van der Waals surface area contributed by atoms with Gasteiger partial charge in [-0.3, -0.25) is 9.69 Å². The highest BCUT2D eigenvalue weighted by molar-refractivity contribution is 5.94. The summed E-state index contributed by atoms with van der Waals surface area (Å²) in [4.78, 5) is 15.9. The van der Waals surface area contributed by atoms with E-state index in [0.717, 1.165) is 29.4 Å². The summed E-state index contributed by atoms with van der Waals surface area (Å²) < 4.78 is 5.45. The molecule has 0 aliphatic heterocycles. The lowest BCUT2D eigenvalue weighted by atomic mass is 9.75. The molecule has 4 aromatic rings. The number of fused-ring (bicyclic) bond motifs is 1. The Bertz CT molecular complexity index is 1140. The lowest BCUT2D eigenvalue weighted by Crippen LogP contribution is -2.46. The van der Waals surface area contributed by atoms with Crippen molar-refractivity contribution < 1.29 is 9.53 Å². The van der Waals surface area contributed by atoms with Crippen LogP contribution in [0, 0.1) is 0 Å². The van der Waals surface area contributed by atoms with E-state index >= 15 is 0 Å². The number of esters is 1. The minimum Gasteiger partial charge on any atom is -0.468 e. The molecule has 0 N–H and O–H groups in total. The van der Waals surface area contributed by atoms with Gasteiger partial charge in [-0.1, -0.05) is 110 Å². The van der Waals surface area contributed by atoms with Gasteiger partial charge in [0.05, 0.1) is 7.11 Å². The Balaban J connectivity index is 1.79. The van der Waals surface area contributed by atoms with Gasteiger partial charge in [-0.2, -0.15) is 0 Å². The van der Waals surface area contributed by atoms with Crippen LogP contribution in [0.15, 0.2) is 103 Å². The molecule has 1 atom stereocenters. The zero-order valence-electron chi connectivity index (χ0n) is 19.4. The van der Waals surface area contributed by atoms with E-state index in [2.05, 4.69) is 84.6 Å². The van der Waals surface area contributed by atoms with Crippen molar-refractivity contribution in [2.24, 2.45) is 0 Å². The van der Waals surface area contributed by atoms with Crippen LogP contribution in [-0.2, 0) is 28.0 Å². The predicted molar refractivity (Wildman–Crippen MR) is 135 cm³/mol. The van der Waals surface area contributed by atoms with E-state index < -0.39 is 5.41 Å². The number of nitrogens with zero attached hydrogens (tertiary/aromatic N) is 1. The molecule has 3 nitrogen and oxygen atoms in total. The van der Waals surface area contributed by atoms with Crippen LogP contribution in [0.25, 0.3) is 10.8 Å². The maximum Gasteiger partial charge on any atom is 0.317 e. The fraction of sp³-hybridized carbons (Fsp3) is 0.233. The predicted octanol–water partition coefficient (Wildman–Crippen LogP) is 6.36. The third kappa shape index (κ3) is 4.99. The molecular weight excluding hydrogens is 406 g/mol. The molecule has 0 spiro atoms. The van der Waals surface area contributed by atoms with Gasteiger partial charge in [0, 0.05) is 19.6 Å². The monoisotopic (exact) mass is 437 g/mol. The number of carbonyl (C=O) groups is 1. The SMILES string of the molecule is CC[C@@](CN(Cc1ccccc1)Cc1ccccc1)(C(=O)OC)c1cccc2ccccc12. The second kappa shape index (κ2) is 10.5. The van der Waals surface area contributed by atoms with Crippen LogP contribution in [0.5, 0.6) is 0 Å². The summed E-state index contributed by atoms with van der Waals surface area (Å²) >= 11 is 0. The average molecular weight is 438 g/mol. The molecule has 0 amide bonds. The average Bonchev–Trinajstić information content (AvgIpc) is 2.87. The van der Waals surface area contributed by atoms with Gasteiger partial charge in [0.2, 0.25) is 0 Å². The first-order valence-electron chi connectivity index (χ1n) is 11.5. The van der Waals surface area contributed by atoms with Crippen LogP contribution in [0.1, 0.15) is 30.0 Å². The topological polar surface area (TPSA) is 29.5 Å². The summed E-state index contributed by atoms with van der Waals surface area (Å²) in [6.45, 7) is 4.15. The highest BCUT2D eigenvalue weighted by Crippen LogP contribution is 2.36. The molecule has 168 valence electrons. The van der Waals surface area contributed by atoms with Crippen molar-refractivity contribution in [3.63, 3.8) is 0 Å². The second-order valence-electron chi connectivity index (χ2n) is 8.57. The lowest BCUT2D eigenvalue weighted by molar-refractivity contribution is -0.148. The largest absolute Gasteiger partial charge is 0.468 e. The molecule has 0 aliphatic rings. The van der Waals surface area contributed by atoms with Gasteiger partial charge in [0.25, 0.3) is 0 Å². The minimum absolute atomic E-state index is 0.188. The molecule has 0 fully saturated rings. The lowest BCUT2D eigenvalue weighted by Gasteiger charge is -2.37. The highest BCUT2D eigenvalue weighted by atomic mass is 16.5. The molecule has 4 rings (SSSR count). The number of carbonyl (C=O) groups excluding carboxylic acids is 1. The smallest absolute Gasteiger partial charge is 0.317 e. The number of hydrogen-bond donors (Lipinski definition) is 0. The summed E-state index contributed by atoms with van der Waals surface area (Å²) in [7, 11) is 1.50. The molecule has 0 radical (unpaired) electrons. The molecule has 3 heteroatoms. The maximum absolute atomic E-state index is 13.5. The van der Waals surface area contributed by atoms with Crippen molar-refractivity contribution in [2.45, 2.75) is 31.8 Å². The summed E-state index contributed by atoms with van der Waals surface area (Å²) in [6.07, 6.45) is 0.647. The number of methoxy groups -OCH3 is 1. The molecule has 0 saturated carbocycles. The maximum atomic E-state index is 13.5. The van der Waals surface area contributed by atoms with Crippen molar-refractivity contribution in [3.05, 3.63) is 120 Å². The third-order valence-electron chi connectivity index (χ3n) is 6.48. The number of rotatable bonds is 9. The third-order valence-corrected chi connectivity index (χ3v) is 6.48. The molecule has 0 aromatic heterocycles. The van der Waals surface area contributed by atoms with E-state index in [-0.39, 0.29) is 5.97 Å². The highest BCUT2D eigenvalue weighted by Gasteiger charge is 2.42. The molecule has 0 unspecified atom stereocenters. The number of benzene rings is 4. The van der Waals surface area contributed by atoms with Gasteiger partial charge in [0.1, 0.15) is 5.41 Å². The molecule has 33 heavy (non-hydrogen) atoms. The Kier molecular flexibility index (Phi) is 7.21. The summed E-state index contributed by atoms with van der Waals surface area (Å²) in [6, 6.07) is 35.4. The minimum atomic E-state index is -0.779. The molecule has 0 heterocycles. The van der Waals surface area contributed by atoms with Crippen LogP contribution in [0.3, 0.4) is 0 Å². The van der Waals surface area contributed by atoms with Crippen LogP contribution in [-0.4, -0.2) is 24.5 Å². The van der Waals surface area contributed by atoms with Crippen LogP contribution in [0.2, 0.25) is 0 Å². The first-order valence-corrected chi connectivity index (χ1v) is 11.5. The first-order chi connectivity index (χ1) is 16.2. The number of hydrogen-bond acceptors (Lipinski definition) is 3. The van der Waals surface area contributed by atoms with Crippen molar-refractivity contribution in [1.29, 1.82) is 0 Å². The Hall–Kier alpha value is -3.43. The summed E-state index contributed by atoms with van der Waals surface area (Å²) in [5, 5.41) is 2.24. The second-order valence-corrected chi connectivity index (χ2v) is 8.57. The van der Waals surface area contributed by atoms with Crippen molar-refractivity contribution in [1.82, 2.24) is 4.90 Å². The Morgan fingerprint density at radius 2 is 1.30 bits per heavy atom. The molecule has 0 aliphatic carbocycles. The van der Waals surface area contributed by atoms with E-state index in [1.54, 1.807) is 0 Å². The molecular formula is C30H31NO2. The van der Waals surface area contributed by atoms with Gasteiger partial charge in [-0.15, -0.1) is 0 Å². The van der Waals surface area contributed by atoms with E-state index in [1.165, 1.54) is 18.2 Å². The van der Waals surface area contributed by atoms with Crippen LogP contribution >= 0.6 is 0 Å². The van der Waals surface area contributed by atoms with Crippen molar-refractivity contribution in [2.75, 3.05) is 13.7 Å². The zero-order chi connectivity index (χ0) is 23.1. The Labute approximate surface area is 196 Å². The molecule has 4 aromatic carbocycles. The van der Waals surface area contributed by atoms with Gasteiger partial charge in [0.15, 0.2) is 0 Å². The Morgan fingerprint density at radius 1 is 0.758 bits per heavy atom. The number of ether oxygens (including phenoxy) is 1. The Morgan fingerprint density at radius 3 is 1.88 bits per heavy atom. The van der Waals surface area contributed by atoms with E-state index in [0.29, 0.717) is 13.0 Å². The fourth-order valence-corrected chi connectivity index (χ4v) is 4.78. The molecule has 0 bridgehead atoms. The standard InChI is InChI=1S/C30H31NO2/c1-3-30(29(32)33-2,28-20-12-18-26-17-10-11-19-27(26)28)23-31(21-24-13-6-4-7-14-24)22-25-15-8-5-9-16-25/h4-20H,3,21-23H2,1-2H3/t30-/m0/s1. The van der Waals surface area contributed by atoms with E-state index in [9.17, 15) is 4.79 Å². The van der Waals surface area contributed by atoms with E-state index in [4.69, 9.17) is 4.74 Å². The quantitative estimate of drug-likeness (QED) is 0.285. The molecule has 0 saturated heterocycles. The van der Waals surface area contributed by atoms with Gasteiger partial charge >= 0.3 is 5.97 Å². The van der Waals surface area contributed by atoms with Gasteiger partial charge in [-0.05, 0) is 33.9 Å². The van der Waals surface area contributed by atoms with Gasteiger partial charge < -0.3 is 4.74 Å². The first kappa shape index (κ1) is 22.8. The summed E-state index contributed by atoms with van der Waals surface area (Å²) in [5.74, 6) is -0.188. The van der Waals surface area contributed by atoms with Crippen molar-refractivity contribution >= 4 is 16.7 Å². The van der Waals surface area contributed by atoms with Crippen LogP contribution in [0.4, 0.5) is 0 Å². The van der Waals surface area contributed by atoms with E-state index in [1.807, 2.05) is 30.3 Å². The summed E-state index contributed by atoms with van der Waals surface area (Å²) in [5.41, 5.74) is 2.70.